The summed E-state index contributed by atoms with van der Waals surface area (Å²) in [6.45, 7) is 5.93. The van der Waals surface area contributed by atoms with Crippen molar-refractivity contribution in [1.82, 2.24) is 4.90 Å². The second-order valence-corrected chi connectivity index (χ2v) is 10.5. The molecule has 3 aliphatic rings. The highest BCUT2D eigenvalue weighted by molar-refractivity contribution is 7.92. The van der Waals surface area contributed by atoms with Crippen LogP contribution in [0.25, 0.3) is 0 Å². The fourth-order valence-electron chi connectivity index (χ4n) is 4.49. The molecule has 0 saturated carbocycles. The van der Waals surface area contributed by atoms with E-state index in [-0.39, 0.29) is 10.8 Å². The fraction of sp³-hybridized carbons (Fsp3) is 0.565. The number of hydrogen-bond acceptors (Lipinski definition) is 6. The summed E-state index contributed by atoms with van der Waals surface area (Å²) in [5.74, 6) is 1.59. The first-order valence-corrected chi connectivity index (χ1v) is 12.4. The lowest BCUT2D eigenvalue weighted by molar-refractivity contribution is 0.134. The van der Waals surface area contributed by atoms with Gasteiger partial charge in [0.25, 0.3) is 0 Å². The Hall–Kier alpha value is -1.99. The largest absolute Gasteiger partial charge is 0.494 e. The number of ether oxygens (including phenoxy) is 3. The summed E-state index contributed by atoms with van der Waals surface area (Å²) < 4.78 is 43.6. The molecule has 7 heteroatoms. The molecule has 1 aromatic rings. The van der Waals surface area contributed by atoms with E-state index in [0.717, 1.165) is 18.7 Å². The van der Waals surface area contributed by atoms with Crippen molar-refractivity contribution in [3.8, 4) is 11.5 Å². The van der Waals surface area contributed by atoms with Crippen molar-refractivity contribution >= 4 is 9.84 Å². The van der Waals surface area contributed by atoms with Crippen LogP contribution in [-0.2, 0) is 14.6 Å². The monoisotopic (exact) mass is 433 g/mol. The van der Waals surface area contributed by atoms with E-state index < -0.39 is 21.2 Å². The molecule has 3 atom stereocenters. The van der Waals surface area contributed by atoms with E-state index in [9.17, 15) is 8.42 Å². The van der Waals surface area contributed by atoms with Crippen LogP contribution >= 0.6 is 0 Å². The lowest BCUT2D eigenvalue weighted by Crippen LogP contribution is -2.44. The number of para-hydroxylation sites is 1. The molecule has 4 rings (SSSR count). The van der Waals surface area contributed by atoms with Gasteiger partial charge in [-0.1, -0.05) is 12.1 Å². The molecule has 0 N–H and O–H groups in total. The van der Waals surface area contributed by atoms with Gasteiger partial charge in [0, 0.05) is 12.5 Å². The Morgan fingerprint density at radius 3 is 2.73 bits per heavy atom. The van der Waals surface area contributed by atoms with Crippen molar-refractivity contribution in [2.75, 3.05) is 33.4 Å². The first kappa shape index (κ1) is 21.2. The quantitative estimate of drug-likeness (QED) is 0.613. The number of methoxy groups -OCH3 is 1. The van der Waals surface area contributed by atoms with E-state index in [1.54, 1.807) is 25.1 Å². The van der Waals surface area contributed by atoms with Gasteiger partial charge in [-0.25, -0.2) is 8.42 Å². The average Bonchev–Trinajstić information content (AvgIpc) is 3.28. The Morgan fingerprint density at radius 2 is 2.03 bits per heavy atom. The van der Waals surface area contributed by atoms with Gasteiger partial charge in [0.15, 0.2) is 21.3 Å². The molecule has 1 unspecified atom stereocenters. The maximum Gasteiger partial charge on any atom is 0.188 e. The van der Waals surface area contributed by atoms with E-state index in [0.29, 0.717) is 24.5 Å². The molecule has 30 heavy (non-hydrogen) atoms. The van der Waals surface area contributed by atoms with E-state index in [2.05, 4.69) is 4.90 Å². The Balaban J connectivity index is 1.37. The minimum atomic E-state index is -3.49. The minimum absolute atomic E-state index is 0.0372. The predicted octanol–water partition coefficient (Wildman–Crippen LogP) is 3.58. The van der Waals surface area contributed by atoms with Crippen molar-refractivity contribution < 1.29 is 22.6 Å². The Bertz CT molecular complexity index is 918. The highest BCUT2D eigenvalue weighted by Crippen LogP contribution is 2.43. The second kappa shape index (κ2) is 9.02. The van der Waals surface area contributed by atoms with Crippen LogP contribution in [0.3, 0.4) is 0 Å². The van der Waals surface area contributed by atoms with Crippen LogP contribution in [0.5, 0.6) is 11.5 Å². The zero-order chi connectivity index (χ0) is 21.1. The third-order valence-electron chi connectivity index (χ3n) is 6.28. The number of sulfone groups is 1. The van der Waals surface area contributed by atoms with Crippen molar-refractivity contribution in [3.63, 3.8) is 0 Å². The zero-order valence-corrected chi connectivity index (χ0v) is 18.6. The molecular weight excluding hydrogens is 402 g/mol. The highest BCUT2D eigenvalue weighted by atomic mass is 32.2. The normalized spacial score (nSPS) is 27.8. The molecule has 0 aromatic heterocycles. The van der Waals surface area contributed by atoms with Gasteiger partial charge in [-0.2, -0.15) is 0 Å². The van der Waals surface area contributed by atoms with Crippen molar-refractivity contribution in [2.24, 2.45) is 5.92 Å². The molecule has 0 bridgehead atoms. The van der Waals surface area contributed by atoms with Gasteiger partial charge in [0.1, 0.15) is 22.0 Å². The number of benzene rings is 1. The van der Waals surface area contributed by atoms with Crippen molar-refractivity contribution in [3.05, 3.63) is 42.2 Å². The standard InChI is InChI=1S/C23H31NO5S/c1-17-22(29-23-20(27-2)7-5-8-21(23)30(17,25)26)18-9-11-19(12-10-18)28-16-6-15-24-13-3-4-14-24/h5,7-9,11-12,17-18,22H,3-4,6,10,13-16H2,1-2H3/t17-,18?,22+/m0/s1. The Kier molecular flexibility index (Phi) is 6.39. The highest BCUT2D eigenvalue weighted by Gasteiger charge is 2.43. The van der Waals surface area contributed by atoms with Gasteiger partial charge in [0.05, 0.1) is 13.7 Å². The molecular formula is C23H31NO5S. The number of likely N-dealkylation sites (tertiary alicyclic amines) is 1. The third kappa shape index (κ3) is 4.23. The second-order valence-electron chi connectivity index (χ2n) is 8.24. The number of fused-ring (bicyclic) bond motifs is 1. The minimum Gasteiger partial charge on any atom is -0.494 e. The first-order chi connectivity index (χ1) is 14.5. The molecule has 1 saturated heterocycles. The summed E-state index contributed by atoms with van der Waals surface area (Å²) in [5.41, 5.74) is 0. The number of allylic oxidation sites excluding steroid dienone is 2. The third-order valence-corrected chi connectivity index (χ3v) is 8.46. The van der Waals surface area contributed by atoms with Crippen LogP contribution in [0.15, 0.2) is 47.1 Å². The summed E-state index contributed by atoms with van der Waals surface area (Å²) in [6.07, 6.45) is 9.87. The van der Waals surface area contributed by atoms with Crippen LogP contribution in [0.1, 0.15) is 32.6 Å². The van der Waals surface area contributed by atoms with E-state index >= 15 is 0 Å². The van der Waals surface area contributed by atoms with Gasteiger partial charge in [-0.3, -0.25) is 0 Å². The summed E-state index contributed by atoms with van der Waals surface area (Å²) in [4.78, 5) is 2.70. The average molecular weight is 434 g/mol. The predicted molar refractivity (Wildman–Crippen MR) is 116 cm³/mol. The SMILES string of the molecule is COc1cccc2c1O[C@@H](C1C=CC(OCCCN3CCCC3)=CC1)[C@H](C)S2(=O)=O. The first-order valence-electron chi connectivity index (χ1n) is 10.8. The Morgan fingerprint density at radius 1 is 1.23 bits per heavy atom. The maximum absolute atomic E-state index is 13.1. The summed E-state index contributed by atoms with van der Waals surface area (Å²) in [7, 11) is -1.96. The van der Waals surface area contributed by atoms with E-state index in [4.69, 9.17) is 14.2 Å². The number of rotatable bonds is 7. The lowest BCUT2D eigenvalue weighted by atomic mass is 9.92. The summed E-state index contributed by atoms with van der Waals surface area (Å²) in [6, 6.07) is 5.00. The lowest BCUT2D eigenvalue weighted by Gasteiger charge is -2.36. The Labute approximate surface area is 179 Å². The van der Waals surface area contributed by atoms with Crippen LogP contribution < -0.4 is 9.47 Å². The molecule has 6 nitrogen and oxygen atoms in total. The molecule has 2 heterocycles. The molecule has 2 aliphatic heterocycles. The van der Waals surface area contributed by atoms with Gasteiger partial charge in [-0.15, -0.1) is 0 Å². The van der Waals surface area contributed by atoms with Crippen LogP contribution in [0, 0.1) is 5.92 Å². The smallest absolute Gasteiger partial charge is 0.188 e. The van der Waals surface area contributed by atoms with E-state index in [1.807, 2.05) is 18.2 Å². The number of hydrogen-bond donors (Lipinski definition) is 0. The summed E-state index contributed by atoms with van der Waals surface area (Å²) in [5, 5.41) is -0.636. The fourth-order valence-corrected chi connectivity index (χ4v) is 6.18. The molecule has 0 radical (unpaired) electrons. The van der Waals surface area contributed by atoms with Gasteiger partial charge in [-0.05, 0) is 70.0 Å². The number of nitrogens with zero attached hydrogens (tertiary/aromatic N) is 1. The van der Waals surface area contributed by atoms with Gasteiger partial charge in [0.2, 0.25) is 0 Å². The topological polar surface area (TPSA) is 65.1 Å². The van der Waals surface area contributed by atoms with Crippen molar-refractivity contribution in [1.29, 1.82) is 0 Å². The molecule has 1 aliphatic carbocycles. The van der Waals surface area contributed by atoms with Crippen LogP contribution in [-0.4, -0.2) is 58.0 Å². The summed E-state index contributed by atoms with van der Waals surface area (Å²) >= 11 is 0. The molecule has 0 amide bonds. The van der Waals surface area contributed by atoms with Crippen LogP contribution in [0.2, 0.25) is 0 Å². The molecule has 0 spiro atoms. The van der Waals surface area contributed by atoms with Crippen LogP contribution in [0.4, 0.5) is 0 Å². The maximum atomic E-state index is 13.1. The molecule has 164 valence electrons. The molecule has 1 fully saturated rings. The zero-order valence-electron chi connectivity index (χ0n) is 17.7. The van der Waals surface area contributed by atoms with Gasteiger partial charge >= 0.3 is 0 Å². The molecule has 1 aromatic carbocycles. The van der Waals surface area contributed by atoms with Gasteiger partial charge < -0.3 is 19.1 Å². The van der Waals surface area contributed by atoms with Crippen molar-refractivity contribution in [2.45, 2.75) is 48.9 Å². The van der Waals surface area contributed by atoms with E-state index in [1.165, 1.54) is 33.0 Å².